The lowest BCUT2D eigenvalue weighted by molar-refractivity contribution is 0.0926. The molecule has 4 rings (SSSR count). The van der Waals surface area contributed by atoms with Gasteiger partial charge in [-0.2, -0.15) is 0 Å². The summed E-state index contributed by atoms with van der Waals surface area (Å²) in [6.45, 7) is 0. The normalized spacial score (nSPS) is 27.9. The minimum atomic E-state index is -0.0601. The van der Waals surface area contributed by atoms with Gasteiger partial charge in [0.25, 0.3) is 5.91 Å². The lowest BCUT2D eigenvalue weighted by Gasteiger charge is -2.21. The smallest absolute Gasteiger partial charge is 0.270 e. The molecular formula is C16H17N3O. The molecule has 2 saturated heterocycles. The fraction of sp³-hybridized carbons (Fsp3) is 0.375. The molecule has 1 aromatic heterocycles. The summed E-state index contributed by atoms with van der Waals surface area (Å²) in [4.78, 5) is 16.6. The van der Waals surface area contributed by atoms with Gasteiger partial charge in [-0.15, -0.1) is 0 Å². The number of fused-ring (bicyclic) bond motifs is 3. The number of hydrogen-bond acceptors (Lipinski definition) is 3. The summed E-state index contributed by atoms with van der Waals surface area (Å²) in [6, 6.07) is 11.1. The van der Waals surface area contributed by atoms with Crippen LogP contribution >= 0.6 is 0 Å². The average molecular weight is 267 g/mol. The van der Waals surface area contributed by atoms with Crippen molar-refractivity contribution < 1.29 is 4.79 Å². The van der Waals surface area contributed by atoms with Gasteiger partial charge in [0.15, 0.2) is 0 Å². The van der Waals surface area contributed by atoms with Crippen LogP contribution in [0.5, 0.6) is 0 Å². The Hall–Kier alpha value is -1.94. The van der Waals surface area contributed by atoms with Crippen LogP contribution in [-0.2, 0) is 0 Å². The van der Waals surface area contributed by atoms with Gasteiger partial charge in [0, 0.05) is 29.7 Å². The second-order valence-electron chi connectivity index (χ2n) is 5.78. The zero-order chi connectivity index (χ0) is 13.5. The third-order valence-electron chi connectivity index (χ3n) is 4.48. The van der Waals surface area contributed by atoms with Crippen LogP contribution in [0.1, 0.15) is 29.8 Å². The fourth-order valence-electron chi connectivity index (χ4n) is 3.43. The lowest BCUT2D eigenvalue weighted by Crippen LogP contribution is -2.43. The number of carbonyl (C=O) groups excluding carboxylic acids is 1. The summed E-state index contributed by atoms with van der Waals surface area (Å²) >= 11 is 0. The van der Waals surface area contributed by atoms with Gasteiger partial charge in [-0.25, -0.2) is 0 Å². The quantitative estimate of drug-likeness (QED) is 0.873. The summed E-state index contributed by atoms with van der Waals surface area (Å²) in [6.07, 6.45) is 5.22. The highest BCUT2D eigenvalue weighted by atomic mass is 16.2. The molecule has 1 amide bonds. The van der Waals surface area contributed by atoms with E-state index in [4.69, 9.17) is 0 Å². The van der Waals surface area contributed by atoms with Crippen LogP contribution in [0.15, 0.2) is 36.5 Å². The molecule has 0 aliphatic carbocycles. The molecule has 0 radical (unpaired) electrons. The van der Waals surface area contributed by atoms with Crippen LogP contribution in [0.4, 0.5) is 0 Å². The maximum Gasteiger partial charge on any atom is 0.270 e. The van der Waals surface area contributed by atoms with Gasteiger partial charge in [-0.1, -0.05) is 24.3 Å². The maximum atomic E-state index is 12.3. The van der Waals surface area contributed by atoms with Gasteiger partial charge in [0.05, 0.1) is 0 Å². The van der Waals surface area contributed by atoms with Gasteiger partial charge < -0.3 is 10.6 Å². The van der Waals surface area contributed by atoms with Crippen molar-refractivity contribution in [2.45, 2.75) is 37.4 Å². The van der Waals surface area contributed by atoms with E-state index in [9.17, 15) is 4.79 Å². The third-order valence-corrected chi connectivity index (χ3v) is 4.48. The molecule has 2 N–H and O–H groups in total. The van der Waals surface area contributed by atoms with Crippen LogP contribution in [0.3, 0.4) is 0 Å². The summed E-state index contributed by atoms with van der Waals surface area (Å²) < 4.78 is 0. The molecule has 4 nitrogen and oxygen atoms in total. The molecular weight excluding hydrogens is 250 g/mol. The second-order valence-corrected chi connectivity index (χ2v) is 5.78. The third kappa shape index (κ3) is 1.96. The van der Waals surface area contributed by atoms with Crippen molar-refractivity contribution in [1.82, 2.24) is 15.6 Å². The zero-order valence-electron chi connectivity index (χ0n) is 11.2. The maximum absolute atomic E-state index is 12.3. The Balaban J connectivity index is 1.54. The largest absolute Gasteiger partial charge is 0.346 e. The van der Waals surface area contributed by atoms with Crippen molar-refractivity contribution in [3.8, 4) is 0 Å². The Morgan fingerprint density at radius 1 is 1.25 bits per heavy atom. The molecule has 3 atom stereocenters. The molecule has 0 saturated carbocycles. The van der Waals surface area contributed by atoms with E-state index in [0.717, 1.165) is 17.2 Å². The van der Waals surface area contributed by atoms with Gasteiger partial charge in [-0.3, -0.25) is 9.78 Å². The Labute approximate surface area is 117 Å². The van der Waals surface area contributed by atoms with Crippen molar-refractivity contribution in [2.24, 2.45) is 0 Å². The molecule has 2 aromatic rings. The van der Waals surface area contributed by atoms with Gasteiger partial charge in [-0.05, 0) is 30.7 Å². The minimum Gasteiger partial charge on any atom is -0.346 e. The molecule has 20 heavy (non-hydrogen) atoms. The highest BCUT2D eigenvalue weighted by molar-refractivity contribution is 5.96. The first-order valence-corrected chi connectivity index (χ1v) is 7.21. The highest BCUT2D eigenvalue weighted by Gasteiger charge is 2.39. The van der Waals surface area contributed by atoms with Crippen molar-refractivity contribution in [3.05, 3.63) is 42.2 Å². The average Bonchev–Trinajstić information content (AvgIpc) is 3.09. The standard InChI is InChI=1S/C16H17N3O/c20-16(19-14-8-12-5-6-13(14)18-12)15-7-10-3-1-2-4-11(10)9-17-15/h1-4,7,9,12-14,18H,5-6,8H2,(H,19,20)/t12-,13+,14-/m1/s1. The number of aromatic nitrogens is 1. The van der Waals surface area contributed by atoms with E-state index in [1.54, 1.807) is 6.20 Å². The Morgan fingerprint density at radius 3 is 2.85 bits per heavy atom. The molecule has 102 valence electrons. The summed E-state index contributed by atoms with van der Waals surface area (Å²) in [5.41, 5.74) is 0.506. The van der Waals surface area contributed by atoms with Crippen molar-refractivity contribution in [1.29, 1.82) is 0 Å². The molecule has 3 heterocycles. The first-order valence-electron chi connectivity index (χ1n) is 7.21. The van der Waals surface area contributed by atoms with Crippen LogP contribution in [0.25, 0.3) is 10.8 Å². The molecule has 2 aliphatic heterocycles. The number of rotatable bonds is 2. The number of nitrogens with one attached hydrogen (secondary N) is 2. The van der Waals surface area contributed by atoms with E-state index in [0.29, 0.717) is 17.8 Å². The van der Waals surface area contributed by atoms with Crippen LogP contribution in [0.2, 0.25) is 0 Å². The van der Waals surface area contributed by atoms with Crippen LogP contribution in [-0.4, -0.2) is 29.0 Å². The van der Waals surface area contributed by atoms with Gasteiger partial charge in [0.2, 0.25) is 0 Å². The van der Waals surface area contributed by atoms with E-state index in [1.807, 2.05) is 30.3 Å². The molecule has 2 fully saturated rings. The van der Waals surface area contributed by atoms with Crippen molar-refractivity contribution in [3.63, 3.8) is 0 Å². The summed E-state index contributed by atoms with van der Waals surface area (Å²) in [5, 5.41) is 8.77. The molecule has 2 bridgehead atoms. The first kappa shape index (κ1) is 11.9. The van der Waals surface area contributed by atoms with Crippen LogP contribution < -0.4 is 10.6 Å². The fourth-order valence-corrected chi connectivity index (χ4v) is 3.43. The Kier molecular flexibility index (Phi) is 2.70. The number of carbonyl (C=O) groups is 1. The van der Waals surface area contributed by atoms with E-state index < -0.39 is 0 Å². The molecule has 0 spiro atoms. The molecule has 1 aromatic carbocycles. The van der Waals surface area contributed by atoms with E-state index in [-0.39, 0.29) is 11.9 Å². The second kappa shape index (κ2) is 4.56. The number of pyridine rings is 1. The number of nitrogens with zero attached hydrogens (tertiary/aromatic N) is 1. The first-order chi connectivity index (χ1) is 9.79. The van der Waals surface area contributed by atoms with Crippen LogP contribution in [0, 0.1) is 0 Å². The number of hydrogen-bond donors (Lipinski definition) is 2. The topological polar surface area (TPSA) is 54.0 Å². The van der Waals surface area contributed by atoms with Crippen molar-refractivity contribution >= 4 is 16.7 Å². The zero-order valence-corrected chi connectivity index (χ0v) is 11.2. The van der Waals surface area contributed by atoms with Crippen molar-refractivity contribution in [2.75, 3.05) is 0 Å². The molecule has 4 heteroatoms. The van der Waals surface area contributed by atoms with E-state index in [1.165, 1.54) is 12.8 Å². The minimum absolute atomic E-state index is 0.0601. The summed E-state index contributed by atoms with van der Waals surface area (Å²) in [5.74, 6) is -0.0601. The molecule has 2 aliphatic rings. The van der Waals surface area contributed by atoms with E-state index >= 15 is 0 Å². The predicted molar refractivity (Wildman–Crippen MR) is 77.6 cm³/mol. The SMILES string of the molecule is O=C(N[C@@H]1C[C@H]2CC[C@@H]1N2)c1cc2ccccc2cn1. The Morgan fingerprint density at radius 2 is 2.10 bits per heavy atom. The summed E-state index contributed by atoms with van der Waals surface area (Å²) in [7, 11) is 0. The predicted octanol–water partition coefficient (Wildman–Crippen LogP) is 1.86. The van der Waals surface area contributed by atoms with Gasteiger partial charge in [0.1, 0.15) is 5.69 Å². The number of amides is 1. The molecule has 0 unspecified atom stereocenters. The lowest BCUT2D eigenvalue weighted by atomic mass is 9.95. The van der Waals surface area contributed by atoms with Gasteiger partial charge >= 0.3 is 0 Å². The Bertz CT molecular complexity index is 670. The number of benzene rings is 1. The highest BCUT2D eigenvalue weighted by Crippen LogP contribution is 2.28. The van der Waals surface area contributed by atoms with E-state index in [2.05, 4.69) is 15.6 Å². The monoisotopic (exact) mass is 267 g/mol.